The summed E-state index contributed by atoms with van der Waals surface area (Å²) < 4.78 is 5.29. The molecule has 0 unspecified atom stereocenters. The van der Waals surface area contributed by atoms with E-state index in [9.17, 15) is 0 Å². The van der Waals surface area contributed by atoms with Crippen LogP contribution in [0.1, 0.15) is 19.4 Å². The summed E-state index contributed by atoms with van der Waals surface area (Å²) in [6, 6.07) is 3.84. The Morgan fingerprint density at radius 2 is 2.27 bits per heavy atom. The van der Waals surface area contributed by atoms with Gasteiger partial charge in [0.15, 0.2) is 0 Å². The number of hydrogen-bond donors (Lipinski definition) is 1. The summed E-state index contributed by atoms with van der Waals surface area (Å²) in [7, 11) is 1.71. The molecule has 0 radical (unpaired) electrons. The van der Waals surface area contributed by atoms with Gasteiger partial charge in [0, 0.05) is 32.0 Å². The fraction of sp³-hybridized carbons (Fsp3) is 0.545. The molecule has 1 aromatic rings. The number of hydrogen-bond acceptors (Lipinski definition) is 3. The van der Waals surface area contributed by atoms with Crippen molar-refractivity contribution in [3.63, 3.8) is 0 Å². The number of pyridine rings is 1. The Morgan fingerprint density at radius 1 is 1.53 bits per heavy atom. The molecule has 3 nitrogen and oxygen atoms in total. The van der Waals surface area contributed by atoms with Crippen LogP contribution in [0.25, 0.3) is 0 Å². The molecule has 0 aliphatic heterocycles. The van der Waals surface area contributed by atoms with Gasteiger partial charge in [0.1, 0.15) is 5.15 Å². The van der Waals surface area contributed by atoms with Gasteiger partial charge < -0.3 is 10.1 Å². The molecule has 1 heterocycles. The normalized spacial score (nSPS) is 11.7. The molecule has 0 saturated carbocycles. The first-order valence-corrected chi connectivity index (χ1v) is 5.28. The van der Waals surface area contributed by atoms with E-state index in [1.165, 1.54) is 0 Å². The molecule has 0 aliphatic rings. The first-order chi connectivity index (χ1) is 7.05. The van der Waals surface area contributed by atoms with E-state index in [1.807, 2.05) is 26.0 Å². The van der Waals surface area contributed by atoms with Gasteiger partial charge in [-0.15, -0.1) is 0 Å². The van der Waals surface area contributed by atoms with Gasteiger partial charge in [-0.25, -0.2) is 4.98 Å². The van der Waals surface area contributed by atoms with Gasteiger partial charge >= 0.3 is 0 Å². The van der Waals surface area contributed by atoms with E-state index in [-0.39, 0.29) is 5.60 Å². The fourth-order valence-electron chi connectivity index (χ4n) is 1.12. The first-order valence-electron chi connectivity index (χ1n) is 4.90. The van der Waals surface area contributed by atoms with Crippen LogP contribution in [0.5, 0.6) is 0 Å². The minimum atomic E-state index is -0.158. The zero-order valence-electron chi connectivity index (χ0n) is 9.38. The molecular formula is C11H17ClN2O. The Bertz CT molecular complexity index is 315. The second-order valence-corrected chi connectivity index (χ2v) is 4.38. The van der Waals surface area contributed by atoms with Crippen molar-refractivity contribution in [3.05, 3.63) is 29.0 Å². The second kappa shape index (κ2) is 5.45. The van der Waals surface area contributed by atoms with Gasteiger partial charge in [0.2, 0.25) is 0 Å². The molecule has 0 spiro atoms. The smallest absolute Gasteiger partial charge is 0.133 e. The molecule has 0 amide bonds. The number of nitrogens with one attached hydrogen (secondary N) is 1. The molecule has 0 aliphatic carbocycles. The predicted octanol–water partition coefficient (Wildman–Crippen LogP) is 2.25. The lowest BCUT2D eigenvalue weighted by molar-refractivity contribution is 0.0230. The summed E-state index contributed by atoms with van der Waals surface area (Å²) >= 11 is 5.93. The third-order valence-corrected chi connectivity index (χ3v) is 2.60. The molecule has 0 aromatic carbocycles. The lowest BCUT2D eigenvalue weighted by Gasteiger charge is -2.23. The van der Waals surface area contributed by atoms with Crippen molar-refractivity contribution >= 4 is 11.6 Å². The average molecular weight is 229 g/mol. The summed E-state index contributed by atoms with van der Waals surface area (Å²) in [5.74, 6) is 0. The molecule has 84 valence electrons. The van der Waals surface area contributed by atoms with Crippen molar-refractivity contribution in [3.8, 4) is 0 Å². The number of methoxy groups -OCH3 is 1. The van der Waals surface area contributed by atoms with Gasteiger partial charge in [0.25, 0.3) is 0 Å². The number of nitrogens with zero attached hydrogens (tertiary/aromatic N) is 1. The summed E-state index contributed by atoms with van der Waals surface area (Å²) in [5, 5.41) is 3.84. The highest BCUT2D eigenvalue weighted by atomic mass is 35.5. The van der Waals surface area contributed by atoms with Crippen molar-refractivity contribution in [2.45, 2.75) is 26.0 Å². The molecule has 1 aromatic heterocycles. The van der Waals surface area contributed by atoms with Crippen LogP contribution in [-0.2, 0) is 11.3 Å². The lowest BCUT2D eigenvalue weighted by Crippen LogP contribution is -2.36. The first kappa shape index (κ1) is 12.4. The molecule has 0 saturated heterocycles. The molecule has 4 heteroatoms. The Kier molecular flexibility index (Phi) is 4.51. The van der Waals surface area contributed by atoms with Crippen LogP contribution >= 0.6 is 11.6 Å². The third-order valence-electron chi connectivity index (χ3n) is 2.26. The van der Waals surface area contributed by atoms with E-state index in [2.05, 4.69) is 10.3 Å². The largest absolute Gasteiger partial charge is 0.377 e. The SMILES string of the molecule is COC(C)(C)CNCc1cccnc1Cl. The summed E-state index contributed by atoms with van der Waals surface area (Å²) in [6.45, 7) is 5.55. The van der Waals surface area contributed by atoms with Crippen LogP contribution in [-0.4, -0.2) is 24.2 Å². The number of halogens is 1. The van der Waals surface area contributed by atoms with E-state index < -0.39 is 0 Å². The minimum Gasteiger partial charge on any atom is -0.377 e. The van der Waals surface area contributed by atoms with Gasteiger partial charge in [0.05, 0.1) is 5.60 Å². The maximum atomic E-state index is 5.93. The van der Waals surface area contributed by atoms with Crippen molar-refractivity contribution in [2.24, 2.45) is 0 Å². The van der Waals surface area contributed by atoms with Crippen molar-refractivity contribution < 1.29 is 4.74 Å². The minimum absolute atomic E-state index is 0.158. The fourth-order valence-corrected chi connectivity index (χ4v) is 1.31. The van der Waals surface area contributed by atoms with Crippen LogP contribution in [0, 0.1) is 0 Å². The predicted molar refractivity (Wildman–Crippen MR) is 62.0 cm³/mol. The Labute approximate surface area is 95.8 Å². The Balaban J connectivity index is 2.42. The van der Waals surface area contributed by atoms with Crippen LogP contribution < -0.4 is 5.32 Å². The van der Waals surface area contributed by atoms with E-state index in [0.29, 0.717) is 11.7 Å². The van der Waals surface area contributed by atoms with E-state index >= 15 is 0 Å². The molecule has 1 N–H and O–H groups in total. The molecular weight excluding hydrogens is 212 g/mol. The highest BCUT2D eigenvalue weighted by molar-refractivity contribution is 6.30. The Hall–Kier alpha value is -0.640. The zero-order valence-corrected chi connectivity index (χ0v) is 10.1. The van der Waals surface area contributed by atoms with E-state index in [0.717, 1.165) is 12.1 Å². The number of ether oxygens (including phenoxy) is 1. The van der Waals surface area contributed by atoms with Crippen LogP contribution in [0.2, 0.25) is 5.15 Å². The molecule has 0 fully saturated rings. The lowest BCUT2D eigenvalue weighted by atomic mass is 10.1. The molecule has 0 atom stereocenters. The summed E-state index contributed by atoms with van der Waals surface area (Å²) in [5.41, 5.74) is 0.848. The summed E-state index contributed by atoms with van der Waals surface area (Å²) in [6.07, 6.45) is 1.69. The van der Waals surface area contributed by atoms with E-state index in [4.69, 9.17) is 16.3 Å². The monoisotopic (exact) mass is 228 g/mol. The average Bonchev–Trinajstić information content (AvgIpc) is 2.21. The molecule has 15 heavy (non-hydrogen) atoms. The topological polar surface area (TPSA) is 34.1 Å². The molecule has 1 rings (SSSR count). The van der Waals surface area contributed by atoms with Gasteiger partial charge in [-0.05, 0) is 19.9 Å². The van der Waals surface area contributed by atoms with Crippen LogP contribution in [0.15, 0.2) is 18.3 Å². The Morgan fingerprint density at radius 3 is 2.87 bits per heavy atom. The van der Waals surface area contributed by atoms with Gasteiger partial charge in [-0.2, -0.15) is 0 Å². The van der Waals surface area contributed by atoms with Crippen LogP contribution in [0.3, 0.4) is 0 Å². The number of rotatable bonds is 5. The van der Waals surface area contributed by atoms with Crippen molar-refractivity contribution in [2.75, 3.05) is 13.7 Å². The highest BCUT2D eigenvalue weighted by Crippen LogP contribution is 2.11. The quantitative estimate of drug-likeness (QED) is 0.785. The third kappa shape index (κ3) is 4.16. The van der Waals surface area contributed by atoms with Crippen molar-refractivity contribution in [1.82, 2.24) is 10.3 Å². The standard InChI is InChI=1S/C11H17ClN2O/c1-11(2,15-3)8-13-7-9-5-4-6-14-10(9)12/h4-6,13H,7-8H2,1-3H3. The second-order valence-electron chi connectivity index (χ2n) is 4.02. The van der Waals surface area contributed by atoms with E-state index in [1.54, 1.807) is 13.3 Å². The van der Waals surface area contributed by atoms with Gasteiger partial charge in [-0.3, -0.25) is 0 Å². The van der Waals surface area contributed by atoms with Crippen molar-refractivity contribution in [1.29, 1.82) is 0 Å². The number of aromatic nitrogens is 1. The molecule has 0 bridgehead atoms. The van der Waals surface area contributed by atoms with Crippen LogP contribution in [0.4, 0.5) is 0 Å². The summed E-state index contributed by atoms with van der Waals surface area (Å²) in [4.78, 5) is 4.01. The van der Waals surface area contributed by atoms with Gasteiger partial charge in [-0.1, -0.05) is 17.7 Å². The maximum Gasteiger partial charge on any atom is 0.133 e. The highest BCUT2D eigenvalue weighted by Gasteiger charge is 2.15. The maximum absolute atomic E-state index is 5.93. The zero-order chi connectivity index (χ0) is 11.3.